The van der Waals surface area contributed by atoms with Crippen LogP contribution in [0.1, 0.15) is 0 Å². The summed E-state index contributed by atoms with van der Waals surface area (Å²) in [5, 5.41) is 3.16. The van der Waals surface area contributed by atoms with E-state index in [1.807, 2.05) is 0 Å². The van der Waals surface area contributed by atoms with Gasteiger partial charge >= 0.3 is 0 Å². The van der Waals surface area contributed by atoms with Crippen molar-refractivity contribution < 1.29 is 21.8 Å². The van der Waals surface area contributed by atoms with Gasteiger partial charge in [0.2, 0.25) is 0 Å². The maximum absolute atomic E-state index is 5.01. The van der Waals surface area contributed by atoms with E-state index in [0.717, 1.165) is 26.3 Å². The van der Waals surface area contributed by atoms with Crippen molar-refractivity contribution in [2.45, 2.75) is 0 Å². The summed E-state index contributed by atoms with van der Waals surface area (Å²) < 4.78 is 5.01. The number of morpholine rings is 1. The average Bonchev–Trinajstić information content (AvgIpc) is 1.72. The molecule has 1 aliphatic rings. The quantitative estimate of drug-likeness (QED) is 0.530. The van der Waals surface area contributed by atoms with Gasteiger partial charge in [-0.1, -0.05) is 0 Å². The molecule has 0 aromatic carbocycles. The van der Waals surface area contributed by atoms with Gasteiger partial charge in [-0.3, -0.25) is 0 Å². The second-order valence-electron chi connectivity index (χ2n) is 1.36. The van der Waals surface area contributed by atoms with Crippen LogP contribution in [0.5, 0.6) is 0 Å². The molecule has 0 saturated carbocycles. The maximum Gasteiger partial charge on any atom is 0.0591 e. The number of rotatable bonds is 0. The van der Waals surface area contributed by atoms with Gasteiger partial charge in [0.15, 0.2) is 0 Å². The van der Waals surface area contributed by atoms with E-state index in [1.165, 1.54) is 0 Å². The maximum atomic E-state index is 5.01. The Balaban J connectivity index is 0. The van der Waals surface area contributed by atoms with Crippen LogP contribution in [-0.4, -0.2) is 26.3 Å². The summed E-state index contributed by atoms with van der Waals surface area (Å²) in [4.78, 5) is 0. The molecule has 2 nitrogen and oxygen atoms in total. The number of hydrogen-bond acceptors (Lipinski definition) is 2. The predicted octanol–water partition coefficient (Wildman–Crippen LogP) is 0.0255. The van der Waals surface area contributed by atoms with Crippen LogP contribution in [0.15, 0.2) is 0 Å². The SMILES string of the molecule is C1COCCN1.Cl.[Fe]. The molecule has 0 radical (unpaired) electrons. The van der Waals surface area contributed by atoms with Crippen LogP contribution in [0.4, 0.5) is 0 Å². The molecule has 1 heterocycles. The third-order valence-corrected chi connectivity index (χ3v) is 0.846. The molecule has 0 atom stereocenters. The van der Waals surface area contributed by atoms with Gasteiger partial charge in [-0.15, -0.1) is 12.4 Å². The van der Waals surface area contributed by atoms with E-state index in [4.69, 9.17) is 4.74 Å². The minimum atomic E-state index is 0. The van der Waals surface area contributed by atoms with Gasteiger partial charge in [-0.05, 0) is 0 Å². The first-order valence-electron chi connectivity index (χ1n) is 2.28. The van der Waals surface area contributed by atoms with Crippen LogP contribution in [0.2, 0.25) is 0 Å². The zero-order chi connectivity index (χ0) is 4.24. The number of hydrogen-bond donors (Lipinski definition) is 1. The number of ether oxygens (including phenoxy) is 1. The van der Waals surface area contributed by atoms with Gasteiger partial charge in [0.05, 0.1) is 13.2 Å². The fourth-order valence-corrected chi connectivity index (χ4v) is 0.516. The van der Waals surface area contributed by atoms with E-state index >= 15 is 0 Å². The summed E-state index contributed by atoms with van der Waals surface area (Å²) in [6, 6.07) is 0. The van der Waals surface area contributed by atoms with Crippen LogP contribution in [-0.2, 0) is 21.8 Å². The normalized spacial score (nSPS) is 18.0. The van der Waals surface area contributed by atoms with E-state index < -0.39 is 0 Å². The Kier molecular flexibility index (Phi) is 11.1. The Morgan fingerprint density at radius 2 is 1.62 bits per heavy atom. The third kappa shape index (κ3) is 4.88. The first-order valence-corrected chi connectivity index (χ1v) is 2.28. The summed E-state index contributed by atoms with van der Waals surface area (Å²) in [5.41, 5.74) is 0. The molecule has 0 aromatic heterocycles. The molecule has 0 bridgehead atoms. The summed E-state index contributed by atoms with van der Waals surface area (Å²) in [7, 11) is 0. The van der Waals surface area contributed by atoms with Gasteiger partial charge in [0, 0.05) is 30.2 Å². The first kappa shape index (κ1) is 11.5. The van der Waals surface area contributed by atoms with Gasteiger partial charge in [-0.2, -0.15) is 0 Å². The number of halogens is 1. The zero-order valence-corrected chi connectivity index (χ0v) is 6.42. The topological polar surface area (TPSA) is 21.3 Å². The molecular formula is C4H10ClFeNO. The van der Waals surface area contributed by atoms with Crippen LogP contribution in [0.25, 0.3) is 0 Å². The second kappa shape index (κ2) is 7.73. The van der Waals surface area contributed by atoms with Crippen molar-refractivity contribution in [2.24, 2.45) is 0 Å². The summed E-state index contributed by atoms with van der Waals surface area (Å²) in [6.07, 6.45) is 0. The Labute approximate surface area is 66.2 Å². The standard InChI is InChI=1S/C4H9NO.ClH.Fe/c1-3-6-4-2-5-1;;/h5H,1-4H2;1H;. The monoisotopic (exact) mass is 179 g/mol. The van der Waals surface area contributed by atoms with Crippen molar-refractivity contribution in [1.82, 2.24) is 5.32 Å². The summed E-state index contributed by atoms with van der Waals surface area (Å²) >= 11 is 0. The van der Waals surface area contributed by atoms with E-state index in [-0.39, 0.29) is 29.5 Å². The van der Waals surface area contributed by atoms with Gasteiger partial charge in [-0.25, -0.2) is 0 Å². The van der Waals surface area contributed by atoms with Crippen LogP contribution >= 0.6 is 12.4 Å². The molecule has 0 spiro atoms. The third-order valence-electron chi connectivity index (χ3n) is 0.846. The first-order chi connectivity index (χ1) is 3.00. The fraction of sp³-hybridized carbons (Fsp3) is 1.00. The average molecular weight is 179 g/mol. The molecule has 1 N–H and O–H groups in total. The van der Waals surface area contributed by atoms with Crippen LogP contribution < -0.4 is 5.32 Å². The molecule has 0 aromatic rings. The fourth-order valence-electron chi connectivity index (χ4n) is 0.516. The molecular weight excluding hydrogens is 169 g/mol. The Bertz CT molecular complexity index is 31.5. The largest absolute Gasteiger partial charge is 0.379 e. The van der Waals surface area contributed by atoms with Gasteiger partial charge in [0.25, 0.3) is 0 Å². The van der Waals surface area contributed by atoms with Gasteiger partial charge in [0.1, 0.15) is 0 Å². The van der Waals surface area contributed by atoms with Crippen molar-refractivity contribution in [1.29, 1.82) is 0 Å². The van der Waals surface area contributed by atoms with E-state index in [2.05, 4.69) is 5.32 Å². The molecule has 0 amide bonds. The Hall–Kier alpha value is 0.729. The molecule has 8 heavy (non-hydrogen) atoms. The Morgan fingerprint density at radius 1 is 1.12 bits per heavy atom. The minimum Gasteiger partial charge on any atom is -0.379 e. The van der Waals surface area contributed by atoms with Crippen molar-refractivity contribution >= 4 is 12.4 Å². The smallest absolute Gasteiger partial charge is 0.0591 e. The molecule has 0 unspecified atom stereocenters. The number of nitrogens with one attached hydrogen (secondary N) is 1. The molecule has 1 aliphatic heterocycles. The van der Waals surface area contributed by atoms with Crippen LogP contribution in [0.3, 0.4) is 0 Å². The van der Waals surface area contributed by atoms with Crippen molar-refractivity contribution in [3.05, 3.63) is 0 Å². The summed E-state index contributed by atoms with van der Waals surface area (Å²) in [6.45, 7) is 3.83. The minimum absolute atomic E-state index is 0. The van der Waals surface area contributed by atoms with Gasteiger partial charge < -0.3 is 10.1 Å². The molecule has 0 aliphatic carbocycles. The molecule has 1 rings (SSSR count). The van der Waals surface area contributed by atoms with Crippen molar-refractivity contribution in [3.8, 4) is 0 Å². The predicted molar refractivity (Wildman–Crippen MR) is 30.9 cm³/mol. The molecule has 1 saturated heterocycles. The van der Waals surface area contributed by atoms with E-state index in [0.29, 0.717) is 0 Å². The van der Waals surface area contributed by atoms with Crippen LogP contribution in [0, 0.1) is 0 Å². The zero-order valence-electron chi connectivity index (χ0n) is 4.50. The molecule has 4 heteroatoms. The van der Waals surface area contributed by atoms with E-state index in [1.54, 1.807) is 0 Å². The van der Waals surface area contributed by atoms with E-state index in [9.17, 15) is 0 Å². The molecule has 52 valence electrons. The molecule has 1 fully saturated rings. The summed E-state index contributed by atoms with van der Waals surface area (Å²) in [5.74, 6) is 0. The second-order valence-corrected chi connectivity index (χ2v) is 1.36. The Morgan fingerprint density at radius 3 is 1.75 bits per heavy atom. The van der Waals surface area contributed by atoms with Crippen molar-refractivity contribution in [3.63, 3.8) is 0 Å². The van der Waals surface area contributed by atoms with Crippen molar-refractivity contribution in [2.75, 3.05) is 26.3 Å².